The number of nitrogens with one attached hydrogen (secondary N) is 1. The van der Waals surface area contributed by atoms with Gasteiger partial charge in [0.05, 0.1) is 0 Å². The molecule has 5 N–H and O–H groups in total. The maximum absolute atomic E-state index is 11.4. The number of hydrogen-bond donors (Lipinski definition) is 3. The van der Waals surface area contributed by atoms with E-state index in [1.807, 2.05) is 0 Å². The van der Waals surface area contributed by atoms with E-state index in [-0.39, 0.29) is 11.5 Å². The fourth-order valence-corrected chi connectivity index (χ4v) is 2.93. The summed E-state index contributed by atoms with van der Waals surface area (Å²) in [6.07, 6.45) is 1.86. The number of nitrogens with zero attached hydrogens (tertiary/aromatic N) is 1. The second-order valence-corrected chi connectivity index (χ2v) is 5.62. The molecule has 2 rings (SSSR count). The number of nitrogens with two attached hydrogens (primary N) is 2. The summed E-state index contributed by atoms with van der Waals surface area (Å²) in [5.41, 5.74) is 10.8. The molecule has 1 fully saturated rings. The van der Waals surface area contributed by atoms with Crippen LogP contribution in [-0.2, 0) is 4.79 Å². The van der Waals surface area contributed by atoms with E-state index in [1.54, 1.807) is 6.92 Å². The van der Waals surface area contributed by atoms with Gasteiger partial charge in [0.1, 0.15) is 5.54 Å². The molecule has 1 aromatic rings. The first-order valence-corrected chi connectivity index (χ1v) is 6.70. The smallest absolute Gasteiger partial charge is 0.251 e. The summed E-state index contributed by atoms with van der Waals surface area (Å²) in [5, 5.41) is 0.469. The molecule has 1 unspecified atom stereocenters. The monoisotopic (exact) mass is 268 g/mol. The molecule has 6 nitrogen and oxygen atoms in total. The van der Waals surface area contributed by atoms with Gasteiger partial charge in [0.25, 0.3) is 5.56 Å². The Labute approximate surface area is 109 Å². The number of hydrogen-bond acceptors (Lipinski definition) is 5. The second-order valence-electron chi connectivity index (χ2n) is 4.66. The summed E-state index contributed by atoms with van der Waals surface area (Å²) in [6.45, 7) is 1.74. The number of rotatable bonds is 5. The molecule has 0 aromatic carbocycles. The van der Waals surface area contributed by atoms with Gasteiger partial charge in [0.15, 0.2) is 5.16 Å². The molecule has 1 aromatic heterocycles. The highest BCUT2D eigenvalue weighted by atomic mass is 32.2. The van der Waals surface area contributed by atoms with E-state index in [1.165, 1.54) is 17.8 Å². The highest BCUT2D eigenvalue weighted by Crippen LogP contribution is 2.40. The number of carbonyl (C=O) groups is 1. The number of primary amides is 1. The van der Waals surface area contributed by atoms with E-state index < -0.39 is 11.4 Å². The van der Waals surface area contributed by atoms with Crippen LogP contribution in [0.3, 0.4) is 0 Å². The van der Waals surface area contributed by atoms with Crippen molar-refractivity contribution in [1.29, 1.82) is 0 Å². The standard InChI is InChI=1S/C11H16N4O2S/c1-6-4-8(16)15-10(14-6)18-5-11(13,9(12)17)7-2-3-7/h4,7H,2-3,5,13H2,1H3,(H2,12,17)(H,14,15,16). The molecule has 98 valence electrons. The predicted octanol–water partition coefficient (Wildman–Crippen LogP) is -0.237. The lowest BCUT2D eigenvalue weighted by Crippen LogP contribution is -2.56. The van der Waals surface area contributed by atoms with Crippen LogP contribution >= 0.6 is 11.8 Å². The Morgan fingerprint density at radius 3 is 2.83 bits per heavy atom. The molecule has 1 heterocycles. The van der Waals surface area contributed by atoms with Gasteiger partial charge in [-0.15, -0.1) is 0 Å². The van der Waals surface area contributed by atoms with Crippen LogP contribution in [0.1, 0.15) is 18.5 Å². The van der Waals surface area contributed by atoms with Gasteiger partial charge < -0.3 is 16.5 Å². The second kappa shape index (κ2) is 4.74. The maximum atomic E-state index is 11.4. The van der Waals surface area contributed by atoms with Crippen molar-refractivity contribution in [2.45, 2.75) is 30.5 Å². The first-order chi connectivity index (χ1) is 8.41. The van der Waals surface area contributed by atoms with Crippen molar-refractivity contribution in [3.63, 3.8) is 0 Å². The highest BCUT2D eigenvalue weighted by molar-refractivity contribution is 7.99. The molecule has 1 atom stereocenters. The third-order valence-corrected chi connectivity index (χ3v) is 4.15. The Morgan fingerprint density at radius 1 is 1.67 bits per heavy atom. The number of H-pyrrole nitrogens is 1. The van der Waals surface area contributed by atoms with Crippen LogP contribution in [0, 0.1) is 12.8 Å². The number of carbonyl (C=O) groups excluding carboxylic acids is 1. The third kappa shape index (κ3) is 2.73. The van der Waals surface area contributed by atoms with Gasteiger partial charge in [-0.25, -0.2) is 4.98 Å². The van der Waals surface area contributed by atoms with Gasteiger partial charge in [-0.1, -0.05) is 11.8 Å². The molecule has 0 radical (unpaired) electrons. The number of aromatic amines is 1. The maximum Gasteiger partial charge on any atom is 0.251 e. The SMILES string of the molecule is Cc1cc(=O)[nH]c(SCC(N)(C(N)=O)C2CC2)n1. The van der Waals surface area contributed by atoms with Gasteiger partial charge in [-0.05, 0) is 25.7 Å². The molecular formula is C11H16N4O2S. The van der Waals surface area contributed by atoms with Gasteiger partial charge >= 0.3 is 0 Å². The first kappa shape index (κ1) is 13.1. The van der Waals surface area contributed by atoms with Crippen LogP contribution in [-0.4, -0.2) is 27.2 Å². The van der Waals surface area contributed by atoms with Gasteiger partial charge in [0, 0.05) is 17.5 Å². The lowest BCUT2D eigenvalue weighted by molar-refractivity contribution is -0.123. The van der Waals surface area contributed by atoms with E-state index in [0.717, 1.165) is 12.8 Å². The number of aryl methyl sites for hydroxylation is 1. The lowest BCUT2D eigenvalue weighted by Gasteiger charge is -2.24. The number of aromatic nitrogens is 2. The zero-order valence-corrected chi connectivity index (χ0v) is 10.9. The zero-order valence-electron chi connectivity index (χ0n) is 10.1. The molecule has 1 aliphatic carbocycles. The zero-order chi connectivity index (χ0) is 13.3. The number of amides is 1. The molecule has 1 amide bonds. The van der Waals surface area contributed by atoms with Crippen molar-refractivity contribution in [1.82, 2.24) is 9.97 Å². The molecule has 1 saturated carbocycles. The third-order valence-electron chi connectivity index (χ3n) is 3.06. The molecule has 7 heteroatoms. The Kier molecular flexibility index (Phi) is 3.45. The van der Waals surface area contributed by atoms with E-state index in [4.69, 9.17) is 11.5 Å². The summed E-state index contributed by atoms with van der Waals surface area (Å²) in [5.74, 6) is -0.00844. The largest absolute Gasteiger partial charge is 0.368 e. The summed E-state index contributed by atoms with van der Waals surface area (Å²) in [7, 11) is 0. The minimum absolute atomic E-state index is 0.152. The lowest BCUT2D eigenvalue weighted by atomic mass is 9.96. The van der Waals surface area contributed by atoms with Crippen LogP contribution in [0.5, 0.6) is 0 Å². The van der Waals surface area contributed by atoms with E-state index in [2.05, 4.69) is 9.97 Å². The Bertz CT molecular complexity index is 526. The van der Waals surface area contributed by atoms with Crippen LogP contribution < -0.4 is 17.0 Å². The van der Waals surface area contributed by atoms with Crippen molar-refractivity contribution >= 4 is 17.7 Å². The van der Waals surface area contributed by atoms with E-state index in [0.29, 0.717) is 16.6 Å². The van der Waals surface area contributed by atoms with Gasteiger partial charge in [0.2, 0.25) is 5.91 Å². The minimum atomic E-state index is -1.01. The topological polar surface area (TPSA) is 115 Å². The predicted molar refractivity (Wildman–Crippen MR) is 69.2 cm³/mol. The minimum Gasteiger partial charge on any atom is -0.368 e. The summed E-state index contributed by atoms with van der Waals surface area (Å²) >= 11 is 1.26. The average molecular weight is 268 g/mol. The van der Waals surface area contributed by atoms with Crippen molar-refractivity contribution in [2.75, 3.05) is 5.75 Å². The fourth-order valence-electron chi connectivity index (χ4n) is 1.80. The highest BCUT2D eigenvalue weighted by Gasteiger charge is 2.46. The Morgan fingerprint density at radius 2 is 2.33 bits per heavy atom. The molecule has 0 saturated heterocycles. The Balaban J connectivity index is 2.10. The summed E-state index contributed by atoms with van der Waals surface area (Å²) in [4.78, 5) is 29.5. The normalized spacial score (nSPS) is 18.3. The molecule has 0 bridgehead atoms. The van der Waals surface area contributed by atoms with Crippen molar-refractivity contribution < 1.29 is 4.79 Å². The van der Waals surface area contributed by atoms with Crippen LogP contribution in [0.15, 0.2) is 16.0 Å². The fraction of sp³-hybridized carbons (Fsp3) is 0.545. The van der Waals surface area contributed by atoms with Crippen molar-refractivity contribution in [3.05, 3.63) is 22.1 Å². The van der Waals surface area contributed by atoms with Crippen LogP contribution in [0.25, 0.3) is 0 Å². The van der Waals surface area contributed by atoms with E-state index >= 15 is 0 Å². The van der Waals surface area contributed by atoms with Gasteiger partial charge in [-0.3, -0.25) is 9.59 Å². The van der Waals surface area contributed by atoms with Crippen LogP contribution in [0.4, 0.5) is 0 Å². The van der Waals surface area contributed by atoms with Crippen molar-refractivity contribution in [2.24, 2.45) is 17.4 Å². The van der Waals surface area contributed by atoms with Crippen LogP contribution in [0.2, 0.25) is 0 Å². The molecule has 0 aliphatic heterocycles. The molecule has 18 heavy (non-hydrogen) atoms. The average Bonchev–Trinajstić information content (AvgIpc) is 3.08. The van der Waals surface area contributed by atoms with Gasteiger partial charge in [-0.2, -0.15) is 0 Å². The molecule has 0 spiro atoms. The van der Waals surface area contributed by atoms with E-state index in [9.17, 15) is 9.59 Å². The summed E-state index contributed by atoms with van der Waals surface area (Å²) < 4.78 is 0. The Hall–Kier alpha value is -1.34. The molecule has 1 aliphatic rings. The first-order valence-electron chi connectivity index (χ1n) is 5.71. The molecular weight excluding hydrogens is 252 g/mol. The summed E-state index contributed by atoms with van der Waals surface area (Å²) in [6, 6.07) is 1.41. The van der Waals surface area contributed by atoms with Crippen molar-refractivity contribution in [3.8, 4) is 0 Å². The number of thioether (sulfide) groups is 1. The quantitative estimate of drug-likeness (QED) is 0.504.